The fourth-order valence-electron chi connectivity index (χ4n) is 1.97. The predicted molar refractivity (Wildman–Crippen MR) is 97.6 cm³/mol. The molecule has 25 heavy (non-hydrogen) atoms. The number of benzene rings is 2. The molecule has 1 heterocycles. The van der Waals surface area contributed by atoms with Gasteiger partial charge in [-0.15, -0.1) is 0 Å². The largest absolute Gasteiger partial charge is 0.486 e. The van der Waals surface area contributed by atoms with E-state index in [0.717, 1.165) is 0 Å². The van der Waals surface area contributed by atoms with E-state index in [1.165, 1.54) is 23.0 Å². The first-order chi connectivity index (χ1) is 12.0. The molecule has 1 N–H and O–H groups in total. The van der Waals surface area contributed by atoms with Crippen LogP contribution in [0.1, 0.15) is 11.4 Å². The molecule has 3 rings (SSSR count). The molecule has 0 saturated carbocycles. The van der Waals surface area contributed by atoms with E-state index in [1.54, 1.807) is 30.3 Å². The standard InChI is InChI=1S/C16H11Cl2FN4OS/c17-10-4-6-11(7-5-10)24-9-15-21-22-16(25)23(15)20-8-12-13(18)2-1-3-14(12)19/h1-8H,9H2,(H,22,25)/b20-8-. The van der Waals surface area contributed by atoms with E-state index < -0.39 is 5.82 Å². The monoisotopic (exact) mass is 396 g/mol. The number of aromatic nitrogens is 3. The predicted octanol–water partition coefficient (Wildman–Crippen LogP) is 4.85. The number of nitrogens with one attached hydrogen (secondary N) is 1. The number of rotatable bonds is 5. The highest BCUT2D eigenvalue weighted by molar-refractivity contribution is 7.71. The average molecular weight is 397 g/mol. The lowest BCUT2D eigenvalue weighted by molar-refractivity contribution is 0.290. The zero-order valence-corrected chi connectivity index (χ0v) is 14.9. The molecule has 0 spiro atoms. The van der Waals surface area contributed by atoms with Gasteiger partial charge in [-0.25, -0.2) is 9.49 Å². The first-order valence-corrected chi connectivity index (χ1v) is 8.24. The molecule has 1 aromatic heterocycles. The van der Waals surface area contributed by atoms with Crippen molar-refractivity contribution in [1.82, 2.24) is 14.9 Å². The van der Waals surface area contributed by atoms with Gasteiger partial charge >= 0.3 is 0 Å². The normalized spacial score (nSPS) is 11.2. The summed E-state index contributed by atoms with van der Waals surface area (Å²) in [6.45, 7) is 0.108. The second-order valence-corrected chi connectivity index (χ2v) is 6.11. The molecule has 2 aromatic carbocycles. The van der Waals surface area contributed by atoms with Gasteiger partial charge in [-0.1, -0.05) is 29.3 Å². The summed E-state index contributed by atoms with van der Waals surface area (Å²) in [5.74, 6) is 0.555. The number of halogens is 3. The van der Waals surface area contributed by atoms with Crippen molar-refractivity contribution in [1.29, 1.82) is 0 Å². The Labute approximate surface area is 157 Å². The quantitative estimate of drug-likeness (QED) is 0.495. The first kappa shape index (κ1) is 17.6. The molecule has 0 unspecified atom stereocenters. The number of H-pyrrole nitrogens is 1. The molecule has 0 atom stereocenters. The number of nitrogens with zero attached hydrogens (tertiary/aromatic N) is 3. The van der Waals surface area contributed by atoms with Gasteiger partial charge in [-0.2, -0.15) is 14.9 Å². The maximum Gasteiger partial charge on any atom is 0.216 e. The van der Waals surface area contributed by atoms with E-state index in [0.29, 0.717) is 16.6 Å². The van der Waals surface area contributed by atoms with Crippen LogP contribution in [0, 0.1) is 10.6 Å². The highest BCUT2D eigenvalue weighted by Crippen LogP contribution is 2.18. The topological polar surface area (TPSA) is 55.2 Å². The third kappa shape index (κ3) is 4.25. The molecule has 0 saturated heterocycles. The van der Waals surface area contributed by atoms with E-state index in [9.17, 15) is 4.39 Å². The number of hydrogen-bond donors (Lipinski definition) is 1. The van der Waals surface area contributed by atoms with E-state index in [-0.39, 0.29) is 22.0 Å². The lowest BCUT2D eigenvalue weighted by Gasteiger charge is -2.05. The maximum atomic E-state index is 13.8. The Morgan fingerprint density at radius 3 is 2.72 bits per heavy atom. The van der Waals surface area contributed by atoms with Gasteiger partial charge in [0.25, 0.3) is 0 Å². The number of ether oxygens (including phenoxy) is 1. The van der Waals surface area contributed by atoms with Gasteiger partial charge in [0, 0.05) is 10.6 Å². The minimum Gasteiger partial charge on any atom is -0.486 e. The third-order valence-electron chi connectivity index (χ3n) is 3.20. The van der Waals surface area contributed by atoms with Crippen molar-refractivity contribution in [2.24, 2.45) is 5.10 Å². The van der Waals surface area contributed by atoms with Crippen LogP contribution in [0.5, 0.6) is 5.75 Å². The van der Waals surface area contributed by atoms with Gasteiger partial charge < -0.3 is 4.74 Å². The van der Waals surface area contributed by atoms with Gasteiger partial charge in [0.1, 0.15) is 18.2 Å². The van der Waals surface area contributed by atoms with Gasteiger partial charge in [0.05, 0.1) is 11.2 Å². The summed E-state index contributed by atoms with van der Waals surface area (Å²) < 4.78 is 21.0. The van der Waals surface area contributed by atoms with E-state index in [4.69, 9.17) is 40.2 Å². The molecular formula is C16H11Cl2FN4OS. The highest BCUT2D eigenvalue weighted by atomic mass is 35.5. The Bertz CT molecular complexity index is 949. The molecule has 0 aliphatic rings. The Kier molecular flexibility index (Phi) is 5.47. The average Bonchev–Trinajstić information content (AvgIpc) is 2.94. The van der Waals surface area contributed by atoms with Crippen LogP contribution >= 0.6 is 35.4 Å². The Hall–Kier alpha value is -2.22. The van der Waals surface area contributed by atoms with Crippen molar-refractivity contribution in [2.45, 2.75) is 6.61 Å². The lowest BCUT2D eigenvalue weighted by Crippen LogP contribution is -2.04. The molecule has 0 bridgehead atoms. The fraction of sp³-hybridized carbons (Fsp3) is 0.0625. The number of hydrogen-bond acceptors (Lipinski definition) is 4. The van der Waals surface area contributed by atoms with Crippen LogP contribution < -0.4 is 4.74 Å². The summed E-state index contributed by atoms with van der Waals surface area (Å²) in [5, 5.41) is 11.7. The third-order valence-corrected chi connectivity index (χ3v) is 4.05. The molecule has 0 aliphatic carbocycles. The van der Waals surface area contributed by atoms with E-state index in [2.05, 4.69) is 15.3 Å². The van der Waals surface area contributed by atoms with Crippen LogP contribution in [0.4, 0.5) is 4.39 Å². The van der Waals surface area contributed by atoms with Crippen LogP contribution in [0.3, 0.4) is 0 Å². The first-order valence-electron chi connectivity index (χ1n) is 7.07. The van der Waals surface area contributed by atoms with Crippen molar-refractivity contribution < 1.29 is 9.13 Å². The van der Waals surface area contributed by atoms with Gasteiger partial charge in [0.2, 0.25) is 4.77 Å². The zero-order valence-electron chi connectivity index (χ0n) is 12.6. The van der Waals surface area contributed by atoms with Crippen LogP contribution in [0.2, 0.25) is 10.0 Å². The van der Waals surface area contributed by atoms with Crippen molar-refractivity contribution in [2.75, 3.05) is 0 Å². The van der Waals surface area contributed by atoms with Crippen LogP contribution in [-0.2, 0) is 6.61 Å². The van der Waals surface area contributed by atoms with E-state index in [1.807, 2.05) is 0 Å². The summed E-state index contributed by atoms with van der Waals surface area (Å²) in [6, 6.07) is 11.3. The minimum atomic E-state index is -0.481. The minimum absolute atomic E-state index is 0.108. The lowest BCUT2D eigenvalue weighted by atomic mass is 10.2. The summed E-state index contributed by atoms with van der Waals surface area (Å²) in [6.07, 6.45) is 1.29. The summed E-state index contributed by atoms with van der Waals surface area (Å²) in [4.78, 5) is 0. The zero-order chi connectivity index (χ0) is 17.8. The van der Waals surface area contributed by atoms with Crippen LogP contribution in [0.25, 0.3) is 0 Å². The van der Waals surface area contributed by atoms with Crippen molar-refractivity contribution >= 4 is 41.6 Å². The highest BCUT2D eigenvalue weighted by Gasteiger charge is 2.08. The molecule has 3 aromatic rings. The Morgan fingerprint density at radius 2 is 2.00 bits per heavy atom. The van der Waals surface area contributed by atoms with Crippen molar-refractivity contribution in [3.8, 4) is 5.75 Å². The maximum absolute atomic E-state index is 13.8. The molecule has 0 radical (unpaired) electrons. The fourth-order valence-corrected chi connectivity index (χ4v) is 2.50. The summed E-state index contributed by atoms with van der Waals surface area (Å²) in [5.41, 5.74) is 0.164. The SMILES string of the molecule is Fc1cccc(Cl)c1/C=N\n1c(COc2ccc(Cl)cc2)n[nH]c1=S. The smallest absolute Gasteiger partial charge is 0.216 e. The molecule has 0 aliphatic heterocycles. The number of aromatic amines is 1. The van der Waals surface area contributed by atoms with E-state index >= 15 is 0 Å². The van der Waals surface area contributed by atoms with Crippen molar-refractivity contribution in [3.05, 3.63) is 74.5 Å². The van der Waals surface area contributed by atoms with Crippen LogP contribution in [0.15, 0.2) is 47.6 Å². The molecule has 5 nitrogen and oxygen atoms in total. The van der Waals surface area contributed by atoms with Crippen molar-refractivity contribution in [3.63, 3.8) is 0 Å². The molecule has 0 fully saturated rings. The van der Waals surface area contributed by atoms with Gasteiger partial charge in [0.15, 0.2) is 5.82 Å². The molecule has 0 amide bonds. The second-order valence-electron chi connectivity index (χ2n) is 4.88. The summed E-state index contributed by atoms with van der Waals surface area (Å²) >= 11 is 16.9. The molecular weight excluding hydrogens is 386 g/mol. The summed E-state index contributed by atoms with van der Waals surface area (Å²) in [7, 11) is 0. The van der Waals surface area contributed by atoms with Gasteiger partial charge in [-0.3, -0.25) is 0 Å². The molecule has 9 heteroatoms. The molecule has 128 valence electrons. The van der Waals surface area contributed by atoms with Gasteiger partial charge in [-0.05, 0) is 48.6 Å². The van der Waals surface area contributed by atoms with Crippen LogP contribution in [-0.4, -0.2) is 21.1 Å². The Morgan fingerprint density at radius 1 is 1.24 bits per heavy atom. The second kappa shape index (κ2) is 7.77. The Balaban J connectivity index is 1.81.